The third kappa shape index (κ3) is 3.17. The number of nitrogens with zero attached hydrogens (tertiary/aromatic N) is 3. The van der Waals surface area contributed by atoms with Crippen molar-refractivity contribution in [2.75, 3.05) is 6.54 Å². The van der Waals surface area contributed by atoms with Gasteiger partial charge in [0, 0.05) is 40.8 Å². The van der Waals surface area contributed by atoms with Crippen LogP contribution in [0.15, 0.2) is 47.3 Å². The van der Waals surface area contributed by atoms with E-state index in [9.17, 15) is 14.9 Å². The van der Waals surface area contributed by atoms with Crippen molar-refractivity contribution in [3.63, 3.8) is 0 Å². The molecule has 2 heterocycles. The maximum absolute atomic E-state index is 12.9. The highest BCUT2D eigenvalue weighted by molar-refractivity contribution is 5.98. The highest BCUT2D eigenvalue weighted by atomic mass is 16.6. The average Bonchev–Trinajstić information content (AvgIpc) is 3.04. The van der Waals surface area contributed by atoms with Crippen molar-refractivity contribution < 1.29 is 4.92 Å². The Labute approximate surface area is 166 Å². The smallest absolute Gasteiger partial charge is 0.275 e. The predicted octanol–water partition coefficient (Wildman–Crippen LogP) is 3.36. The van der Waals surface area contributed by atoms with Crippen LogP contribution in [-0.2, 0) is 13.0 Å². The molecule has 0 saturated heterocycles. The maximum Gasteiger partial charge on any atom is 0.275 e. The van der Waals surface area contributed by atoms with Gasteiger partial charge < -0.3 is 15.3 Å². The molecule has 8 heteroatoms. The average molecular weight is 391 g/mol. The van der Waals surface area contributed by atoms with Crippen LogP contribution < -0.4 is 11.3 Å². The van der Waals surface area contributed by atoms with Crippen molar-refractivity contribution in [1.82, 2.24) is 14.5 Å². The lowest BCUT2D eigenvalue weighted by atomic mass is 10.1. The van der Waals surface area contributed by atoms with Crippen molar-refractivity contribution in [2.24, 2.45) is 5.73 Å². The van der Waals surface area contributed by atoms with Crippen LogP contribution in [0.1, 0.15) is 19.0 Å². The van der Waals surface area contributed by atoms with Crippen molar-refractivity contribution in [3.8, 4) is 11.3 Å². The van der Waals surface area contributed by atoms with Gasteiger partial charge >= 0.3 is 0 Å². The number of aryl methyl sites for hydroxylation is 1. The highest BCUT2D eigenvalue weighted by Crippen LogP contribution is 2.34. The molecular weight excluding hydrogens is 370 g/mol. The van der Waals surface area contributed by atoms with Gasteiger partial charge in [-0.05, 0) is 31.5 Å². The number of rotatable bonds is 6. The Bertz CT molecular complexity index is 1290. The number of aromatic nitrogens is 3. The molecule has 4 aromatic rings. The first-order chi connectivity index (χ1) is 14.0. The maximum atomic E-state index is 12.9. The molecule has 0 aliphatic heterocycles. The molecule has 3 N–H and O–H groups in total. The minimum Gasteiger partial charge on any atom is -0.344 e. The quantitative estimate of drug-likeness (QED) is 0.386. The first-order valence-electron chi connectivity index (χ1n) is 9.54. The largest absolute Gasteiger partial charge is 0.344 e. The number of fused-ring (bicyclic) bond motifs is 2. The van der Waals surface area contributed by atoms with Gasteiger partial charge in [0.25, 0.3) is 11.2 Å². The summed E-state index contributed by atoms with van der Waals surface area (Å²) < 4.78 is 2.21. The van der Waals surface area contributed by atoms with Gasteiger partial charge in [-0.2, -0.15) is 0 Å². The van der Waals surface area contributed by atoms with Gasteiger partial charge in [-0.25, -0.2) is 4.98 Å². The first kappa shape index (κ1) is 18.8. The molecule has 0 aliphatic rings. The number of nitrogens with one attached hydrogen (secondary N) is 1. The summed E-state index contributed by atoms with van der Waals surface area (Å²) in [6.45, 7) is 3.39. The van der Waals surface area contributed by atoms with E-state index in [1.54, 1.807) is 6.07 Å². The van der Waals surface area contributed by atoms with Crippen molar-refractivity contribution in [2.45, 2.75) is 26.3 Å². The molecule has 0 amide bonds. The van der Waals surface area contributed by atoms with Gasteiger partial charge in [0.2, 0.25) is 0 Å². The minimum absolute atomic E-state index is 0.0877. The Balaban J connectivity index is 2.00. The molecule has 0 radical (unpaired) electrons. The number of hydrogen-bond donors (Lipinski definition) is 2. The van der Waals surface area contributed by atoms with E-state index >= 15 is 0 Å². The number of H-pyrrole nitrogens is 1. The molecule has 0 saturated carbocycles. The fraction of sp³-hybridized carbons (Fsp3) is 0.238. The summed E-state index contributed by atoms with van der Waals surface area (Å²) >= 11 is 0. The van der Waals surface area contributed by atoms with Gasteiger partial charge in [0.05, 0.1) is 16.0 Å². The predicted molar refractivity (Wildman–Crippen MR) is 113 cm³/mol. The molecule has 0 bridgehead atoms. The van der Waals surface area contributed by atoms with Crippen LogP contribution in [0.4, 0.5) is 5.69 Å². The number of nitro groups is 1. The van der Waals surface area contributed by atoms with E-state index in [4.69, 9.17) is 5.73 Å². The normalized spacial score (nSPS) is 11.4. The topological polar surface area (TPSA) is 120 Å². The molecule has 0 fully saturated rings. The van der Waals surface area contributed by atoms with E-state index in [0.29, 0.717) is 23.3 Å². The molecule has 2 aromatic carbocycles. The van der Waals surface area contributed by atoms with Gasteiger partial charge in [-0.1, -0.05) is 25.1 Å². The number of non-ortho nitro benzene ring substituents is 1. The van der Waals surface area contributed by atoms with Crippen molar-refractivity contribution >= 4 is 27.6 Å². The van der Waals surface area contributed by atoms with Gasteiger partial charge in [0.15, 0.2) is 0 Å². The third-order valence-corrected chi connectivity index (χ3v) is 5.12. The van der Waals surface area contributed by atoms with Crippen LogP contribution >= 0.6 is 0 Å². The van der Waals surface area contributed by atoms with Crippen LogP contribution in [0.5, 0.6) is 0 Å². The third-order valence-electron chi connectivity index (χ3n) is 5.12. The van der Waals surface area contributed by atoms with Crippen molar-refractivity contribution in [1.29, 1.82) is 0 Å². The van der Waals surface area contributed by atoms with E-state index in [0.717, 1.165) is 41.5 Å². The second-order valence-corrected chi connectivity index (χ2v) is 6.86. The summed E-state index contributed by atoms with van der Waals surface area (Å²) in [4.78, 5) is 30.8. The molecule has 29 heavy (non-hydrogen) atoms. The number of nitrogens with two attached hydrogens (primary N) is 1. The number of aromatic amines is 1. The lowest BCUT2D eigenvalue weighted by Gasteiger charge is -2.10. The second kappa shape index (κ2) is 7.48. The Hall–Kier alpha value is -3.52. The summed E-state index contributed by atoms with van der Waals surface area (Å²) in [5, 5.41) is 12.0. The summed E-state index contributed by atoms with van der Waals surface area (Å²) in [6, 6.07) is 12.2. The van der Waals surface area contributed by atoms with Crippen LogP contribution in [-0.4, -0.2) is 26.0 Å². The zero-order valence-electron chi connectivity index (χ0n) is 16.0. The lowest BCUT2D eigenvalue weighted by Crippen LogP contribution is -2.13. The zero-order valence-corrected chi connectivity index (χ0v) is 16.0. The number of hydrogen-bond acceptors (Lipinski definition) is 5. The van der Waals surface area contributed by atoms with Gasteiger partial charge in [0.1, 0.15) is 5.69 Å². The number of benzene rings is 2. The Morgan fingerprint density at radius 1 is 1.24 bits per heavy atom. The fourth-order valence-corrected chi connectivity index (χ4v) is 3.85. The van der Waals surface area contributed by atoms with Gasteiger partial charge in [-0.3, -0.25) is 14.9 Å². The molecular formula is C21H21N5O3. The van der Waals surface area contributed by atoms with E-state index < -0.39 is 4.92 Å². The second-order valence-electron chi connectivity index (χ2n) is 6.86. The molecule has 4 rings (SSSR count). The van der Waals surface area contributed by atoms with Crippen LogP contribution in [0, 0.1) is 10.1 Å². The van der Waals surface area contributed by atoms with Gasteiger partial charge in [-0.15, -0.1) is 0 Å². The van der Waals surface area contributed by atoms with Crippen LogP contribution in [0.25, 0.3) is 33.2 Å². The summed E-state index contributed by atoms with van der Waals surface area (Å²) in [6.07, 6.45) is 1.56. The Kier molecular flexibility index (Phi) is 4.85. The molecule has 0 spiro atoms. The molecule has 148 valence electrons. The molecule has 0 aliphatic carbocycles. The van der Waals surface area contributed by atoms with Crippen LogP contribution in [0.2, 0.25) is 0 Å². The van der Waals surface area contributed by atoms with Crippen LogP contribution in [0.3, 0.4) is 0 Å². The van der Waals surface area contributed by atoms with E-state index in [1.807, 2.05) is 24.3 Å². The summed E-state index contributed by atoms with van der Waals surface area (Å²) in [5.74, 6) is 0. The monoisotopic (exact) mass is 391 g/mol. The summed E-state index contributed by atoms with van der Waals surface area (Å²) in [5.41, 5.74) is 9.32. The standard InChI is InChI=1S/C21H21N5O3/c1-2-17-19(14-6-3-4-7-18(14)25(17)11-5-10-22)20-21(27)24-16-12-13(26(28)29)8-9-15(16)23-20/h3-4,6-9,12H,2,5,10-11,22H2,1H3,(H,24,27). The van der Waals surface area contributed by atoms with E-state index in [2.05, 4.69) is 21.5 Å². The number of nitro benzene ring substituents is 1. The number of para-hydroxylation sites is 1. The minimum atomic E-state index is -0.494. The van der Waals surface area contributed by atoms with E-state index in [1.165, 1.54) is 12.1 Å². The zero-order chi connectivity index (χ0) is 20.5. The Morgan fingerprint density at radius 2 is 2.03 bits per heavy atom. The summed E-state index contributed by atoms with van der Waals surface area (Å²) in [7, 11) is 0. The highest BCUT2D eigenvalue weighted by Gasteiger charge is 2.21. The molecule has 0 unspecified atom stereocenters. The first-order valence-corrected chi connectivity index (χ1v) is 9.54. The Morgan fingerprint density at radius 3 is 2.76 bits per heavy atom. The fourth-order valence-electron chi connectivity index (χ4n) is 3.85. The SMILES string of the molecule is CCc1c(-c2nc3ccc([N+](=O)[O-])cc3[nH]c2=O)c2ccccc2n1CCCN. The molecule has 2 aromatic heterocycles. The van der Waals surface area contributed by atoms with Crippen molar-refractivity contribution in [3.05, 3.63) is 68.6 Å². The van der Waals surface area contributed by atoms with E-state index in [-0.39, 0.29) is 11.2 Å². The molecule has 8 nitrogen and oxygen atoms in total. The lowest BCUT2D eigenvalue weighted by molar-refractivity contribution is -0.384. The molecule has 0 atom stereocenters.